The van der Waals surface area contributed by atoms with E-state index < -0.39 is 25.1 Å². The van der Waals surface area contributed by atoms with Gasteiger partial charge in [0.05, 0.1) is 6.26 Å². The summed E-state index contributed by atoms with van der Waals surface area (Å²) in [5.74, 6) is 0. The molecule has 0 rings (SSSR count). The zero-order chi connectivity index (χ0) is 9.83. The van der Waals surface area contributed by atoms with Gasteiger partial charge in [0, 0.05) is 12.6 Å². The fourth-order valence-electron chi connectivity index (χ4n) is 0.546. The summed E-state index contributed by atoms with van der Waals surface area (Å²) in [5.41, 5.74) is 0. The first-order valence-electron chi connectivity index (χ1n) is 3.22. The predicted octanol–water partition coefficient (Wildman–Crippen LogP) is 0.773. The van der Waals surface area contributed by atoms with Gasteiger partial charge in [-0.05, 0) is 6.42 Å². The molecule has 0 fully saturated rings. The summed E-state index contributed by atoms with van der Waals surface area (Å²) in [5, 5.41) is 0. The fourth-order valence-corrected chi connectivity index (χ4v) is 1.64. The third-order valence-electron chi connectivity index (χ3n) is 1.00. The van der Waals surface area contributed by atoms with E-state index in [-0.39, 0.29) is 13.0 Å². The van der Waals surface area contributed by atoms with Crippen LogP contribution in [0.5, 0.6) is 0 Å². The Bertz CT molecular complexity index is 225. The summed E-state index contributed by atoms with van der Waals surface area (Å²) in [6, 6.07) is -0.824. The smallest absolute Gasteiger partial charge is 0.238 e. The summed E-state index contributed by atoms with van der Waals surface area (Å²) < 4.78 is 57.6. The maximum atomic E-state index is 11.6. The Labute approximate surface area is 70.5 Å². The maximum Gasteiger partial charge on any atom is 0.616 e. The molecule has 0 saturated carbocycles. The van der Waals surface area contributed by atoms with Crippen LogP contribution in [-0.4, -0.2) is 30.3 Å². The SMILES string of the molecule is CS(=O)(=O)NCCC[Si](F)(F)F. The van der Waals surface area contributed by atoms with Crippen molar-refractivity contribution in [2.24, 2.45) is 0 Å². The molecule has 0 aromatic rings. The molecule has 0 aromatic heterocycles. The Morgan fingerprint density at radius 2 is 1.83 bits per heavy atom. The molecule has 8 heteroatoms. The molecule has 1 N–H and O–H groups in total. The van der Waals surface area contributed by atoms with Crippen molar-refractivity contribution in [3.63, 3.8) is 0 Å². The van der Waals surface area contributed by atoms with E-state index in [9.17, 15) is 20.7 Å². The van der Waals surface area contributed by atoms with Gasteiger partial charge in [0.2, 0.25) is 10.0 Å². The van der Waals surface area contributed by atoms with E-state index in [1.54, 1.807) is 0 Å². The molecule has 0 aliphatic carbocycles. The Morgan fingerprint density at radius 1 is 1.33 bits per heavy atom. The molecule has 12 heavy (non-hydrogen) atoms. The Morgan fingerprint density at radius 3 is 2.17 bits per heavy atom. The van der Waals surface area contributed by atoms with E-state index in [1.807, 2.05) is 4.72 Å². The molecule has 74 valence electrons. The van der Waals surface area contributed by atoms with Crippen molar-refractivity contribution < 1.29 is 20.7 Å². The molecule has 0 bridgehead atoms. The number of hydrogen-bond donors (Lipinski definition) is 1. The fraction of sp³-hybridized carbons (Fsp3) is 1.00. The van der Waals surface area contributed by atoms with Gasteiger partial charge in [-0.1, -0.05) is 0 Å². The minimum Gasteiger partial charge on any atom is -0.238 e. The Hall–Kier alpha value is -0.0831. The standard InChI is InChI=1S/C4H10F3NO2SSi/c1-11(9,10)8-3-2-4-12(5,6)7/h8H,2-4H2,1H3. The highest BCUT2D eigenvalue weighted by atomic mass is 32.2. The van der Waals surface area contributed by atoms with Gasteiger partial charge in [-0.2, -0.15) is 0 Å². The number of hydrogen-bond acceptors (Lipinski definition) is 2. The topological polar surface area (TPSA) is 46.2 Å². The predicted molar refractivity (Wildman–Crippen MR) is 41.3 cm³/mol. The highest BCUT2D eigenvalue weighted by Gasteiger charge is 2.35. The second kappa shape index (κ2) is 4.24. The van der Waals surface area contributed by atoms with Gasteiger partial charge in [-0.3, -0.25) is 0 Å². The van der Waals surface area contributed by atoms with Crippen LogP contribution in [0.15, 0.2) is 0 Å². The van der Waals surface area contributed by atoms with E-state index in [1.165, 1.54) is 0 Å². The molecular weight excluding hydrogens is 211 g/mol. The van der Waals surface area contributed by atoms with E-state index in [0.29, 0.717) is 0 Å². The molecule has 0 aromatic carbocycles. The lowest BCUT2D eigenvalue weighted by molar-refractivity contribution is 0.463. The van der Waals surface area contributed by atoms with Gasteiger partial charge >= 0.3 is 9.08 Å². The molecule has 0 unspecified atom stereocenters. The minimum absolute atomic E-state index is 0.134. The van der Waals surface area contributed by atoms with Crippen molar-refractivity contribution in [2.45, 2.75) is 12.5 Å². The molecule has 0 spiro atoms. The lowest BCUT2D eigenvalue weighted by Gasteiger charge is -2.02. The third kappa shape index (κ3) is 9.92. The quantitative estimate of drug-likeness (QED) is 0.423. The normalized spacial score (nSPS) is 13.3. The van der Waals surface area contributed by atoms with Crippen molar-refractivity contribution in [3.8, 4) is 0 Å². The highest BCUT2D eigenvalue weighted by molar-refractivity contribution is 7.88. The van der Waals surface area contributed by atoms with E-state index in [4.69, 9.17) is 0 Å². The van der Waals surface area contributed by atoms with Crippen molar-refractivity contribution in [2.75, 3.05) is 12.8 Å². The van der Waals surface area contributed by atoms with Gasteiger partial charge in [0.15, 0.2) is 0 Å². The largest absolute Gasteiger partial charge is 0.616 e. The van der Waals surface area contributed by atoms with Crippen molar-refractivity contribution in [1.29, 1.82) is 0 Å². The van der Waals surface area contributed by atoms with Gasteiger partial charge in [-0.15, -0.1) is 0 Å². The van der Waals surface area contributed by atoms with Crippen LogP contribution in [0.3, 0.4) is 0 Å². The van der Waals surface area contributed by atoms with Crippen LogP contribution in [-0.2, 0) is 10.0 Å². The first kappa shape index (κ1) is 11.9. The Balaban J connectivity index is 3.48. The lowest BCUT2D eigenvalue weighted by Crippen LogP contribution is -2.25. The van der Waals surface area contributed by atoms with E-state index in [2.05, 4.69) is 0 Å². The van der Waals surface area contributed by atoms with Crippen molar-refractivity contribution >= 4 is 19.1 Å². The zero-order valence-corrected chi connectivity index (χ0v) is 8.30. The van der Waals surface area contributed by atoms with Gasteiger partial charge < -0.3 is 0 Å². The third-order valence-corrected chi connectivity index (χ3v) is 2.65. The van der Waals surface area contributed by atoms with E-state index in [0.717, 1.165) is 6.26 Å². The number of sulfonamides is 1. The number of nitrogens with one attached hydrogen (secondary N) is 1. The van der Waals surface area contributed by atoms with Crippen LogP contribution in [0.25, 0.3) is 0 Å². The van der Waals surface area contributed by atoms with Crippen LogP contribution in [0.1, 0.15) is 6.42 Å². The first-order chi connectivity index (χ1) is 5.21. The molecule has 0 radical (unpaired) electrons. The molecule has 0 saturated heterocycles. The van der Waals surface area contributed by atoms with Gasteiger partial charge in [0.25, 0.3) is 0 Å². The lowest BCUT2D eigenvalue weighted by atomic mass is 10.5. The van der Waals surface area contributed by atoms with Crippen LogP contribution in [0, 0.1) is 0 Å². The number of rotatable bonds is 5. The highest BCUT2D eigenvalue weighted by Crippen LogP contribution is 2.15. The second-order valence-electron chi connectivity index (χ2n) is 2.39. The molecule has 0 aliphatic rings. The van der Waals surface area contributed by atoms with Gasteiger partial charge in [-0.25, -0.2) is 25.5 Å². The summed E-state index contributed by atoms with van der Waals surface area (Å²) in [6.45, 7) is -0.134. The van der Waals surface area contributed by atoms with E-state index >= 15 is 0 Å². The number of halogens is 3. The molecular formula is C4H10F3NO2SSi. The summed E-state index contributed by atoms with van der Waals surface area (Å²) in [4.78, 5) is 0. The minimum atomic E-state index is -5.49. The summed E-state index contributed by atoms with van der Waals surface area (Å²) in [7, 11) is -8.83. The Kier molecular flexibility index (Phi) is 4.21. The van der Waals surface area contributed by atoms with Crippen LogP contribution < -0.4 is 4.72 Å². The van der Waals surface area contributed by atoms with Crippen LogP contribution in [0.2, 0.25) is 6.04 Å². The molecule has 0 aliphatic heterocycles. The maximum absolute atomic E-state index is 11.6. The van der Waals surface area contributed by atoms with Crippen molar-refractivity contribution in [1.82, 2.24) is 4.72 Å². The first-order valence-corrected chi connectivity index (χ1v) is 6.95. The summed E-state index contributed by atoms with van der Waals surface area (Å²) >= 11 is 0. The molecule has 3 nitrogen and oxygen atoms in total. The summed E-state index contributed by atoms with van der Waals surface area (Å²) in [6.07, 6.45) is 0.751. The van der Waals surface area contributed by atoms with Crippen LogP contribution >= 0.6 is 0 Å². The molecule has 0 amide bonds. The average Bonchev–Trinajstić information content (AvgIpc) is 1.76. The zero-order valence-electron chi connectivity index (χ0n) is 6.48. The molecule has 0 atom stereocenters. The monoisotopic (exact) mass is 221 g/mol. The van der Waals surface area contributed by atoms with Crippen molar-refractivity contribution in [3.05, 3.63) is 0 Å². The van der Waals surface area contributed by atoms with Gasteiger partial charge in [0.1, 0.15) is 0 Å². The second-order valence-corrected chi connectivity index (χ2v) is 5.95. The average molecular weight is 221 g/mol. The molecule has 0 heterocycles. The van der Waals surface area contributed by atoms with Crippen LogP contribution in [0.4, 0.5) is 12.3 Å².